The molecule has 10 heteroatoms. The van der Waals surface area contributed by atoms with Crippen molar-refractivity contribution in [2.45, 2.75) is 32.6 Å². The number of allylic oxidation sites excluding steroid dienone is 6. The Hall–Kier alpha value is -2.93. The Morgan fingerprint density at radius 1 is 1.20 bits per heavy atom. The van der Waals surface area contributed by atoms with Crippen molar-refractivity contribution in [2.75, 3.05) is 12.3 Å². The monoisotopic (exact) mass is 438 g/mol. The maximum absolute atomic E-state index is 12.7. The highest BCUT2D eigenvalue weighted by molar-refractivity contribution is 7.89. The fraction of sp³-hybridized carbons (Fsp3) is 0.350. The van der Waals surface area contributed by atoms with Crippen molar-refractivity contribution in [3.63, 3.8) is 0 Å². The number of hydrogen-bond acceptors (Lipinski definition) is 5. The molecule has 0 aromatic heterocycles. The minimum absolute atomic E-state index is 0.0466. The van der Waals surface area contributed by atoms with Gasteiger partial charge in [0.1, 0.15) is 6.07 Å². The van der Waals surface area contributed by atoms with Crippen molar-refractivity contribution in [1.29, 1.82) is 5.26 Å². The summed E-state index contributed by atoms with van der Waals surface area (Å²) in [6.45, 7) is 3.88. The summed E-state index contributed by atoms with van der Waals surface area (Å²) in [5.74, 6) is -0.0466. The molecular formula is C20H21F3N4O2S. The van der Waals surface area contributed by atoms with Gasteiger partial charge in [-0.05, 0) is 49.6 Å². The Morgan fingerprint density at radius 2 is 1.90 bits per heavy atom. The zero-order chi connectivity index (χ0) is 22.1. The summed E-state index contributed by atoms with van der Waals surface area (Å²) >= 11 is 0. The molecule has 3 aliphatic rings. The van der Waals surface area contributed by atoms with Crippen LogP contribution in [0.4, 0.5) is 13.2 Å². The summed E-state index contributed by atoms with van der Waals surface area (Å²) in [7, 11) is -3.40. The van der Waals surface area contributed by atoms with Crippen LogP contribution >= 0.6 is 0 Å². The van der Waals surface area contributed by atoms with Gasteiger partial charge in [0.2, 0.25) is 10.0 Å². The van der Waals surface area contributed by atoms with E-state index in [1.807, 2.05) is 11.8 Å². The van der Waals surface area contributed by atoms with E-state index in [-0.39, 0.29) is 11.4 Å². The molecule has 6 nitrogen and oxygen atoms in total. The number of nitrogens with one attached hydrogen (secondary N) is 2. The minimum Gasteiger partial charge on any atom is -0.360 e. The number of sulfonamides is 1. The van der Waals surface area contributed by atoms with Crippen molar-refractivity contribution < 1.29 is 21.6 Å². The Labute approximate surface area is 173 Å². The van der Waals surface area contributed by atoms with Crippen LogP contribution in [-0.2, 0) is 10.0 Å². The summed E-state index contributed by atoms with van der Waals surface area (Å²) < 4.78 is 64.1. The molecular weight excluding hydrogens is 417 g/mol. The fourth-order valence-electron chi connectivity index (χ4n) is 3.62. The van der Waals surface area contributed by atoms with E-state index in [4.69, 9.17) is 0 Å². The molecule has 0 radical (unpaired) electrons. The summed E-state index contributed by atoms with van der Waals surface area (Å²) in [4.78, 5) is 1.88. The van der Waals surface area contributed by atoms with E-state index in [0.29, 0.717) is 35.5 Å². The van der Waals surface area contributed by atoms with Crippen molar-refractivity contribution in [3.8, 4) is 6.07 Å². The Kier molecular flexibility index (Phi) is 5.85. The molecule has 0 bridgehead atoms. The lowest BCUT2D eigenvalue weighted by Crippen LogP contribution is -2.35. The molecule has 1 aliphatic heterocycles. The molecule has 3 rings (SSSR count). The first-order chi connectivity index (χ1) is 14.1. The number of alkyl halides is 3. The van der Waals surface area contributed by atoms with Crippen LogP contribution in [0.5, 0.6) is 0 Å². The molecule has 0 fully saturated rings. The predicted octanol–water partition coefficient (Wildman–Crippen LogP) is 3.11. The molecule has 160 valence electrons. The molecule has 2 aliphatic carbocycles. The number of likely N-dealkylation sites (N-methyl/N-ethyl adjacent to an activating group) is 1. The highest BCUT2D eigenvalue weighted by atomic mass is 32.2. The van der Waals surface area contributed by atoms with Gasteiger partial charge in [-0.3, -0.25) is 10.0 Å². The van der Waals surface area contributed by atoms with Gasteiger partial charge in [0, 0.05) is 17.9 Å². The number of hydrogen-bond donors (Lipinski definition) is 2. The SMILES string of the molecule is CCN1C(=C2C=CC(NS(=O)(=O)CC)=CC2)C(C#N)=C2C=CC(NC(F)(F)F)=CC21. The van der Waals surface area contributed by atoms with Gasteiger partial charge in [-0.15, -0.1) is 0 Å². The largest absolute Gasteiger partial charge is 0.482 e. The molecule has 0 saturated carbocycles. The van der Waals surface area contributed by atoms with E-state index >= 15 is 0 Å². The first-order valence-electron chi connectivity index (χ1n) is 9.36. The topological polar surface area (TPSA) is 85.2 Å². The second kappa shape index (κ2) is 8.07. The van der Waals surface area contributed by atoms with Crippen molar-refractivity contribution in [3.05, 3.63) is 70.3 Å². The Bertz CT molecular complexity index is 1070. The number of halogens is 3. The minimum atomic E-state index is -4.55. The number of nitrogens with zero attached hydrogens (tertiary/aromatic N) is 2. The smallest absolute Gasteiger partial charge is 0.360 e. The van der Waals surface area contributed by atoms with E-state index in [9.17, 15) is 26.9 Å². The van der Waals surface area contributed by atoms with Crippen LogP contribution in [0, 0.1) is 11.3 Å². The molecule has 0 aromatic carbocycles. The second-order valence-electron chi connectivity index (χ2n) is 6.83. The quantitative estimate of drug-likeness (QED) is 0.645. The molecule has 0 aromatic rings. The third-order valence-electron chi connectivity index (χ3n) is 4.95. The Balaban J connectivity index is 1.95. The van der Waals surface area contributed by atoms with Gasteiger partial charge in [-0.1, -0.05) is 18.2 Å². The van der Waals surface area contributed by atoms with Crippen molar-refractivity contribution in [2.24, 2.45) is 0 Å². The van der Waals surface area contributed by atoms with E-state index in [0.717, 1.165) is 5.57 Å². The summed E-state index contributed by atoms with van der Waals surface area (Å²) in [6.07, 6.45) is 5.22. The van der Waals surface area contributed by atoms with E-state index in [2.05, 4.69) is 10.8 Å². The van der Waals surface area contributed by atoms with Crippen molar-refractivity contribution in [1.82, 2.24) is 14.9 Å². The van der Waals surface area contributed by atoms with E-state index in [1.54, 1.807) is 18.2 Å². The van der Waals surface area contributed by atoms with Crippen LogP contribution in [0.3, 0.4) is 0 Å². The normalized spacial score (nSPS) is 23.7. The average molecular weight is 438 g/mol. The van der Waals surface area contributed by atoms with Crippen LogP contribution in [0.2, 0.25) is 0 Å². The van der Waals surface area contributed by atoms with Gasteiger partial charge >= 0.3 is 6.30 Å². The molecule has 30 heavy (non-hydrogen) atoms. The lowest BCUT2D eigenvalue weighted by Gasteiger charge is -2.29. The molecule has 1 atom stereocenters. The maximum Gasteiger partial charge on any atom is 0.482 e. The number of nitriles is 1. The molecule has 1 heterocycles. The van der Waals surface area contributed by atoms with Gasteiger partial charge in [-0.25, -0.2) is 8.42 Å². The van der Waals surface area contributed by atoms with Gasteiger partial charge in [0.05, 0.1) is 23.1 Å². The van der Waals surface area contributed by atoms with Crippen LogP contribution in [-0.4, -0.2) is 38.0 Å². The number of rotatable bonds is 5. The zero-order valence-electron chi connectivity index (χ0n) is 16.4. The second-order valence-corrected chi connectivity index (χ2v) is 8.84. The van der Waals surface area contributed by atoms with Gasteiger partial charge < -0.3 is 4.90 Å². The first kappa shape index (κ1) is 21.8. The fourth-order valence-corrected chi connectivity index (χ4v) is 4.27. The standard InChI is InChI=1S/C20H21F3N4O2S/c1-3-27-18-11-15(25-20(21,22)23)9-10-16(18)17(12-24)19(27)13-5-7-14(8-6-13)26-30(28,29)4-2/h5,7-11,18,25-26H,3-4,6H2,1-2H3. The van der Waals surface area contributed by atoms with Gasteiger partial charge in [-0.2, -0.15) is 18.4 Å². The first-order valence-corrected chi connectivity index (χ1v) is 11.0. The van der Waals surface area contributed by atoms with Crippen molar-refractivity contribution >= 4 is 10.0 Å². The lowest BCUT2D eigenvalue weighted by atomic mass is 9.97. The number of fused-ring (bicyclic) bond motifs is 1. The van der Waals surface area contributed by atoms with Crippen LogP contribution in [0.25, 0.3) is 0 Å². The molecule has 2 N–H and O–H groups in total. The van der Waals surface area contributed by atoms with Crippen LogP contribution < -0.4 is 10.0 Å². The predicted molar refractivity (Wildman–Crippen MR) is 107 cm³/mol. The summed E-state index contributed by atoms with van der Waals surface area (Å²) in [5, 5.41) is 11.3. The van der Waals surface area contributed by atoms with E-state index < -0.39 is 22.4 Å². The van der Waals surface area contributed by atoms with E-state index in [1.165, 1.54) is 30.5 Å². The molecule has 0 saturated heterocycles. The Morgan fingerprint density at radius 3 is 2.43 bits per heavy atom. The third kappa shape index (κ3) is 4.46. The zero-order valence-corrected chi connectivity index (χ0v) is 17.2. The highest BCUT2D eigenvalue weighted by Gasteiger charge is 2.37. The maximum atomic E-state index is 12.7. The van der Waals surface area contributed by atoms with Crippen LogP contribution in [0.15, 0.2) is 70.3 Å². The summed E-state index contributed by atoms with van der Waals surface area (Å²) in [6, 6.07) is 1.70. The van der Waals surface area contributed by atoms with Gasteiger partial charge in [0.15, 0.2) is 0 Å². The third-order valence-corrected chi connectivity index (χ3v) is 6.26. The van der Waals surface area contributed by atoms with Gasteiger partial charge in [0.25, 0.3) is 0 Å². The van der Waals surface area contributed by atoms with Crippen LogP contribution in [0.1, 0.15) is 20.3 Å². The highest BCUT2D eigenvalue weighted by Crippen LogP contribution is 2.40. The average Bonchev–Trinajstić information content (AvgIpc) is 2.99. The molecule has 1 unspecified atom stereocenters. The summed E-state index contributed by atoms with van der Waals surface area (Å²) in [5.41, 5.74) is 2.87. The lowest BCUT2D eigenvalue weighted by molar-refractivity contribution is -0.148. The molecule has 0 amide bonds. The molecule has 0 spiro atoms.